The number of sulfonamides is 1. The van der Waals surface area contributed by atoms with Gasteiger partial charge in [0.1, 0.15) is 0 Å². The molecule has 0 unspecified atom stereocenters. The van der Waals surface area contributed by atoms with Crippen LogP contribution >= 0.6 is 23.1 Å². The second kappa shape index (κ2) is 10.5. The Bertz CT molecular complexity index is 976. The van der Waals surface area contributed by atoms with Crippen LogP contribution in [-0.2, 0) is 14.8 Å². The van der Waals surface area contributed by atoms with Crippen molar-refractivity contribution in [2.75, 3.05) is 38.2 Å². The van der Waals surface area contributed by atoms with Crippen LogP contribution in [-0.4, -0.2) is 60.7 Å². The smallest absolute Gasteiger partial charge is 0.284 e. The molecule has 0 bridgehead atoms. The number of nitrogens with one attached hydrogen (secondary N) is 1. The molecule has 1 saturated heterocycles. The number of rotatable bonds is 11. The minimum Gasteiger partial charge on any atom is -0.382 e. The number of nitro benzene ring substituents is 1. The van der Waals surface area contributed by atoms with Gasteiger partial charge in [-0.2, -0.15) is 4.31 Å². The molecule has 0 spiro atoms. The summed E-state index contributed by atoms with van der Waals surface area (Å²) in [7, 11) is -3.72. The average molecular weight is 474 g/mol. The minimum absolute atomic E-state index is 0.0608. The van der Waals surface area contributed by atoms with Gasteiger partial charge in [-0.1, -0.05) is 11.3 Å². The van der Waals surface area contributed by atoms with Gasteiger partial charge in [-0.05, 0) is 50.1 Å². The summed E-state index contributed by atoms with van der Waals surface area (Å²) in [5.41, 5.74) is -0.262. The molecule has 164 valence electrons. The van der Waals surface area contributed by atoms with Crippen LogP contribution in [0.2, 0.25) is 0 Å². The zero-order valence-electron chi connectivity index (χ0n) is 16.4. The largest absolute Gasteiger partial charge is 0.382 e. The van der Waals surface area contributed by atoms with Gasteiger partial charge in [-0.15, -0.1) is 10.2 Å². The number of hydrogen-bond donors (Lipinski definition) is 1. The van der Waals surface area contributed by atoms with Crippen molar-refractivity contribution in [1.82, 2.24) is 14.5 Å². The molecule has 1 aliphatic rings. The van der Waals surface area contributed by atoms with E-state index in [1.807, 2.05) is 6.92 Å². The van der Waals surface area contributed by atoms with Crippen LogP contribution in [0.25, 0.3) is 0 Å². The fraction of sp³-hybridized carbons (Fsp3) is 0.529. The lowest BCUT2D eigenvalue weighted by Crippen LogP contribution is -2.27. The van der Waals surface area contributed by atoms with Crippen LogP contribution in [0.4, 0.5) is 10.8 Å². The Morgan fingerprint density at radius 1 is 1.33 bits per heavy atom. The van der Waals surface area contributed by atoms with Gasteiger partial charge in [-0.3, -0.25) is 10.1 Å². The molecule has 0 amide bonds. The first-order valence-corrected chi connectivity index (χ1v) is 12.6. The Balaban J connectivity index is 1.71. The fourth-order valence-corrected chi connectivity index (χ4v) is 6.25. The molecule has 0 saturated carbocycles. The third-order valence-electron chi connectivity index (χ3n) is 4.38. The van der Waals surface area contributed by atoms with Gasteiger partial charge in [0.25, 0.3) is 5.69 Å². The van der Waals surface area contributed by atoms with E-state index in [1.54, 1.807) is 0 Å². The van der Waals surface area contributed by atoms with Crippen LogP contribution in [0.5, 0.6) is 0 Å². The Morgan fingerprint density at radius 3 is 2.80 bits per heavy atom. The molecule has 13 heteroatoms. The summed E-state index contributed by atoms with van der Waals surface area (Å²) < 4.78 is 32.6. The summed E-state index contributed by atoms with van der Waals surface area (Å²) >= 11 is 2.37. The van der Waals surface area contributed by atoms with Crippen LogP contribution in [0.1, 0.15) is 26.2 Å². The number of nitrogens with zero attached hydrogens (tertiary/aromatic N) is 4. The Labute approximate surface area is 183 Å². The van der Waals surface area contributed by atoms with Crippen molar-refractivity contribution in [3.8, 4) is 0 Å². The maximum atomic E-state index is 12.7. The summed E-state index contributed by atoms with van der Waals surface area (Å²) in [6.45, 7) is 4.84. The average Bonchev–Trinajstić information content (AvgIpc) is 3.40. The van der Waals surface area contributed by atoms with Gasteiger partial charge in [-0.25, -0.2) is 8.42 Å². The molecular weight excluding hydrogens is 450 g/mol. The van der Waals surface area contributed by atoms with E-state index in [0.29, 0.717) is 47.2 Å². The zero-order chi connectivity index (χ0) is 21.6. The summed E-state index contributed by atoms with van der Waals surface area (Å²) in [5.74, 6) is 0. The Morgan fingerprint density at radius 2 is 2.10 bits per heavy atom. The fourth-order valence-electron chi connectivity index (χ4n) is 2.89. The van der Waals surface area contributed by atoms with E-state index in [9.17, 15) is 18.5 Å². The second-order valence-electron chi connectivity index (χ2n) is 6.45. The van der Waals surface area contributed by atoms with Crippen molar-refractivity contribution >= 4 is 43.9 Å². The predicted octanol–water partition coefficient (Wildman–Crippen LogP) is 3.22. The van der Waals surface area contributed by atoms with Crippen molar-refractivity contribution in [3.05, 3.63) is 28.3 Å². The van der Waals surface area contributed by atoms with Gasteiger partial charge < -0.3 is 10.1 Å². The number of ether oxygens (including phenoxy) is 1. The number of nitro groups is 1. The Hall–Kier alpha value is -1.80. The number of hydrogen-bond acceptors (Lipinski definition) is 10. The van der Waals surface area contributed by atoms with Crippen molar-refractivity contribution in [1.29, 1.82) is 0 Å². The molecule has 1 aromatic heterocycles. The normalized spacial score (nSPS) is 14.8. The molecule has 10 nitrogen and oxygen atoms in total. The Kier molecular flexibility index (Phi) is 7.99. The molecule has 30 heavy (non-hydrogen) atoms. The van der Waals surface area contributed by atoms with Crippen LogP contribution in [0.15, 0.2) is 32.3 Å². The predicted molar refractivity (Wildman–Crippen MR) is 115 cm³/mol. The van der Waals surface area contributed by atoms with E-state index in [2.05, 4.69) is 15.5 Å². The first-order valence-electron chi connectivity index (χ1n) is 9.53. The van der Waals surface area contributed by atoms with Crippen molar-refractivity contribution < 1.29 is 18.1 Å². The summed E-state index contributed by atoms with van der Waals surface area (Å²) in [5, 5.41) is 23.4. The lowest BCUT2D eigenvalue weighted by atomic mass is 10.3. The van der Waals surface area contributed by atoms with E-state index < -0.39 is 14.9 Å². The molecule has 2 heterocycles. The van der Waals surface area contributed by atoms with Gasteiger partial charge in [0, 0.05) is 38.9 Å². The zero-order valence-corrected chi connectivity index (χ0v) is 18.9. The van der Waals surface area contributed by atoms with E-state index in [1.165, 1.54) is 27.8 Å². The highest BCUT2D eigenvalue weighted by Crippen LogP contribution is 2.38. The number of anilines is 1. The summed E-state index contributed by atoms with van der Waals surface area (Å²) in [6.07, 6.45) is 2.43. The summed E-state index contributed by atoms with van der Waals surface area (Å²) in [4.78, 5) is 11.3. The maximum Gasteiger partial charge on any atom is 0.284 e. The molecule has 3 rings (SSSR count). The van der Waals surface area contributed by atoms with Crippen LogP contribution in [0, 0.1) is 10.1 Å². The quantitative estimate of drug-likeness (QED) is 0.297. The first kappa shape index (κ1) is 22.9. The second-order valence-corrected chi connectivity index (χ2v) is 10.7. The molecular formula is C17H23N5O5S3. The topological polar surface area (TPSA) is 128 Å². The maximum absolute atomic E-state index is 12.7. The molecule has 0 aliphatic carbocycles. The van der Waals surface area contributed by atoms with E-state index >= 15 is 0 Å². The molecule has 1 fully saturated rings. The highest BCUT2D eigenvalue weighted by atomic mass is 32.2. The van der Waals surface area contributed by atoms with Crippen molar-refractivity contribution in [3.63, 3.8) is 0 Å². The molecule has 0 radical (unpaired) electrons. The van der Waals surface area contributed by atoms with Crippen LogP contribution < -0.4 is 5.32 Å². The van der Waals surface area contributed by atoms with Gasteiger partial charge in [0.15, 0.2) is 4.34 Å². The highest BCUT2D eigenvalue weighted by molar-refractivity contribution is 8.01. The molecule has 1 N–H and O–H groups in total. The van der Waals surface area contributed by atoms with Crippen molar-refractivity contribution in [2.24, 2.45) is 0 Å². The van der Waals surface area contributed by atoms with Gasteiger partial charge in [0.05, 0.1) is 14.7 Å². The van der Waals surface area contributed by atoms with E-state index in [4.69, 9.17) is 4.74 Å². The number of benzene rings is 1. The first-order chi connectivity index (χ1) is 14.4. The van der Waals surface area contributed by atoms with Gasteiger partial charge >= 0.3 is 0 Å². The van der Waals surface area contributed by atoms with Crippen molar-refractivity contribution in [2.45, 2.75) is 40.3 Å². The molecule has 1 aliphatic heterocycles. The highest BCUT2D eigenvalue weighted by Gasteiger charge is 2.29. The SMILES string of the molecule is CCOCCCNc1nnc(Sc2ccc(S(=O)(=O)N3CCCC3)cc2[N+](=O)[O-])s1. The third-order valence-corrected chi connectivity index (χ3v) is 8.27. The third kappa shape index (κ3) is 5.66. The lowest BCUT2D eigenvalue weighted by Gasteiger charge is -2.15. The van der Waals surface area contributed by atoms with E-state index in [0.717, 1.165) is 37.1 Å². The van der Waals surface area contributed by atoms with E-state index in [-0.39, 0.29) is 10.6 Å². The summed E-state index contributed by atoms with van der Waals surface area (Å²) in [6, 6.07) is 4.00. The molecule has 2 aromatic rings. The van der Waals surface area contributed by atoms with Crippen LogP contribution in [0.3, 0.4) is 0 Å². The number of aromatic nitrogens is 2. The standard InChI is InChI=1S/C17H23N5O5S3/c1-2-27-11-5-8-18-16-19-20-17(29-16)28-15-7-6-13(12-14(15)22(23)24)30(25,26)21-9-3-4-10-21/h6-7,12H,2-5,8-11H2,1H3,(H,18,19). The minimum atomic E-state index is -3.72. The van der Waals surface area contributed by atoms with Gasteiger partial charge in [0.2, 0.25) is 15.2 Å². The molecule has 1 aromatic carbocycles. The lowest BCUT2D eigenvalue weighted by molar-refractivity contribution is -0.388. The molecule has 0 atom stereocenters. The monoisotopic (exact) mass is 473 g/mol.